The van der Waals surface area contributed by atoms with Crippen LogP contribution >= 0.6 is 0 Å². The Bertz CT molecular complexity index is 1160. The molecule has 8 heteroatoms. The predicted molar refractivity (Wildman–Crippen MR) is 124 cm³/mol. The van der Waals surface area contributed by atoms with Gasteiger partial charge in [-0.2, -0.15) is 4.31 Å². The number of hydrogen-bond acceptors (Lipinski definition) is 4. The maximum atomic E-state index is 13.5. The minimum atomic E-state index is -3.51. The molecule has 2 aliphatic rings. The number of benzene rings is 1. The van der Waals surface area contributed by atoms with Crippen LogP contribution in [0.2, 0.25) is 0 Å². The van der Waals surface area contributed by atoms with Crippen molar-refractivity contribution in [3.05, 3.63) is 46.3 Å². The van der Waals surface area contributed by atoms with Gasteiger partial charge in [0.25, 0.3) is 5.91 Å². The molecule has 172 valence electrons. The van der Waals surface area contributed by atoms with Crippen molar-refractivity contribution in [3.8, 4) is 0 Å². The highest BCUT2D eigenvalue weighted by Crippen LogP contribution is 2.34. The Labute approximate surface area is 189 Å². The van der Waals surface area contributed by atoms with Gasteiger partial charge in [0.2, 0.25) is 10.0 Å². The van der Waals surface area contributed by atoms with Crippen LogP contribution in [-0.4, -0.2) is 49.0 Å². The predicted octanol–water partition coefficient (Wildman–Crippen LogP) is 3.86. The number of H-pyrrole nitrogens is 1. The molecule has 1 saturated heterocycles. The van der Waals surface area contributed by atoms with E-state index in [1.54, 1.807) is 27.4 Å². The smallest absolute Gasteiger partial charge is 0.275 e. The molecule has 7 nitrogen and oxygen atoms in total. The second kappa shape index (κ2) is 8.83. The molecule has 1 amide bonds. The Morgan fingerprint density at radius 2 is 1.81 bits per heavy atom. The number of hydrogen-bond donors (Lipinski definition) is 1. The standard InChI is InChI=1S/C24H31N3O4S/c1-4-8-20-22(17(3)28)16(2)25-23(20)24(29)27-14-11-18-15-19(9-10-21(18)27)32(30,31)26-12-6-5-7-13-26/h9-10,15,25H,4-8,11-14H2,1-3H3. The van der Waals surface area contributed by atoms with Gasteiger partial charge in [0.05, 0.1) is 4.90 Å². The number of Topliss-reactive ketones (excluding diaryl/α,β-unsaturated/α-hetero) is 1. The van der Waals surface area contributed by atoms with E-state index in [0.717, 1.165) is 42.5 Å². The number of sulfonamides is 1. The third-order valence-electron chi connectivity index (χ3n) is 6.50. The molecule has 3 heterocycles. The van der Waals surface area contributed by atoms with Crippen molar-refractivity contribution in [2.45, 2.75) is 64.2 Å². The van der Waals surface area contributed by atoms with Gasteiger partial charge < -0.3 is 9.88 Å². The lowest BCUT2D eigenvalue weighted by Crippen LogP contribution is -2.35. The molecule has 0 bridgehead atoms. The number of aryl methyl sites for hydroxylation is 1. The first-order valence-electron chi connectivity index (χ1n) is 11.4. The molecular formula is C24H31N3O4S. The van der Waals surface area contributed by atoms with Gasteiger partial charge in [-0.1, -0.05) is 19.8 Å². The van der Waals surface area contributed by atoms with Crippen molar-refractivity contribution >= 4 is 27.4 Å². The number of ketones is 1. The van der Waals surface area contributed by atoms with E-state index in [1.807, 2.05) is 13.8 Å². The Hall–Kier alpha value is -2.45. The molecule has 2 aliphatic heterocycles. The SMILES string of the molecule is CCCc1c(C(=O)N2CCc3cc(S(=O)(=O)N4CCCCC4)ccc32)[nH]c(C)c1C(C)=O. The number of piperidine rings is 1. The fourth-order valence-electron chi connectivity index (χ4n) is 4.97. The van der Waals surface area contributed by atoms with Gasteiger partial charge >= 0.3 is 0 Å². The van der Waals surface area contributed by atoms with E-state index < -0.39 is 10.0 Å². The van der Waals surface area contributed by atoms with E-state index in [4.69, 9.17) is 0 Å². The molecule has 0 saturated carbocycles. The quantitative estimate of drug-likeness (QED) is 0.667. The molecule has 4 rings (SSSR count). The number of nitrogens with zero attached hydrogens (tertiary/aromatic N) is 2. The monoisotopic (exact) mass is 457 g/mol. The summed E-state index contributed by atoms with van der Waals surface area (Å²) in [5, 5.41) is 0. The highest BCUT2D eigenvalue weighted by atomic mass is 32.2. The summed E-state index contributed by atoms with van der Waals surface area (Å²) in [6.45, 7) is 6.99. The molecule has 1 fully saturated rings. The maximum Gasteiger partial charge on any atom is 0.275 e. The normalized spacial score (nSPS) is 16.9. The number of amides is 1. The topological polar surface area (TPSA) is 90.6 Å². The molecule has 0 aliphatic carbocycles. The summed E-state index contributed by atoms with van der Waals surface area (Å²) >= 11 is 0. The number of carbonyl (C=O) groups excluding carboxylic acids is 2. The first kappa shape index (κ1) is 22.7. The summed E-state index contributed by atoms with van der Waals surface area (Å²) in [6.07, 6.45) is 4.93. The van der Waals surface area contributed by atoms with Crippen LogP contribution in [0.15, 0.2) is 23.1 Å². The average molecular weight is 458 g/mol. The first-order valence-corrected chi connectivity index (χ1v) is 12.9. The zero-order chi connectivity index (χ0) is 23.0. The summed E-state index contributed by atoms with van der Waals surface area (Å²) < 4.78 is 27.7. The lowest BCUT2D eigenvalue weighted by Gasteiger charge is -2.26. The van der Waals surface area contributed by atoms with Crippen LogP contribution in [0.1, 0.15) is 77.2 Å². The highest BCUT2D eigenvalue weighted by molar-refractivity contribution is 7.89. The molecule has 0 unspecified atom stereocenters. The molecule has 0 atom stereocenters. The van der Waals surface area contributed by atoms with E-state index in [0.29, 0.717) is 54.3 Å². The molecule has 0 radical (unpaired) electrons. The molecule has 2 aromatic rings. The average Bonchev–Trinajstić information content (AvgIpc) is 3.34. The largest absolute Gasteiger partial charge is 0.354 e. The molecule has 1 aromatic heterocycles. The lowest BCUT2D eigenvalue weighted by molar-refractivity contribution is 0.0983. The van der Waals surface area contributed by atoms with Crippen LogP contribution in [-0.2, 0) is 22.9 Å². The Morgan fingerprint density at radius 1 is 1.09 bits per heavy atom. The number of fused-ring (bicyclic) bond motifs is 1. The van der Waals surface area contributed by atoms with Gasteiger partial charge in [0, 0.05) is 36.6 Å². The number of carbonyl (C=O) groups is 2. The second-order valence-electron chi connectivity index (χ2n) is 8.75. The second-order valence-corrected chi connectivity index (χ2v) is 10.7. The minimum absolute atomic E-state index is 0.0457. The van der Waals surface area contributed by atoms with E-state index in [9.17, 15) is 18.0 Å². The third-order valence-corrected chi connectivity index (χ3v) is 8.40. The Kier molecular flexibility index (Phi) is 6.27. The minimum Gasteiger partial charge on any atom is -0.354 e. The number of rotatable bonds is 6. The summed E-state index contributed by atoms with van der Waals surface area (Å²) in [7, 11) is -3.51. The fraction of sp³-hybridized carbons (Fsp3) is 0.500. The van der Waals surface area contributed by atoms with Gasteiger partial charge in [-0.25, -0.2) is 8.42 Å². The van der Waals surface area contributed by atoms with Crippen molar-refractivity contribution in [3.63, 3.8) is 0 Å². The number of anilines is 1. The molecule has 1 N–H and O–H groups in total. The zero-order valence-corrected chi connectivity index (χ0v) is 19.8. The van der Waals surface area contributed by atoms with Crippen molar-refractivity contribution in [1.82, 2.24) is 9.29 Å². The van der Waals surface area contributed by atoms with Crippen molar-refractivity contribution in [2.24, 2.45) is 0 Å². The molecule has 0 spiro atoms. The molecular weight excluding hydrogens is 426 g/mol. The van der Waals surface area contributed by atoms with Crippen molar-refractivity contribution in [2.75, 3.05) is 24.5 Å². The van der Waals surface area contributed by atoms with Crippen molar-refractivity contribution < 1.29 is 18.0 Å². The van der Waals surface area contributed by atoms with Gasteiger partial charge in [-0.05, 0) is 68.9 Å². The maximum absolute atomic E-state index is 13.5. The summed E-state index contributed by atoms with van der Waals surface area (Å²) in [4.78, 5) is 30.8. The summed E-state index contributed by atoms with van der Waals surface area (Å²) in [6, 6.07) is 5.08. The first-order chi connectivity index (χ1) is 15.3. The molecule has 1 aromatic carbocycles. The third kappa shape index (κ3) is 3.90. The van der Waals surface area contributed by atoms with Gasteiger partial charge in [0.15, 0.2) is 5.78 Å². The Balaban J connectivity index is 1.65. The van der Waals surface area contributed by atoms with Gasteiger partial charge in [-0.15, -0.1) is 0 Å². The molecule has 32 heavy (non-hydrogen) atoms. The van der Waals surface area contributed by atoms with Crippen LogP contribution in [0.25, 0.3) is 0 Å². The Morgan fingerprint density at radius 3 is 2.47 bits per heavy atom. The van der Waals surface area contributed by atoms with Crippen LogP contribution in [0.3, 0.4) is 0 Å². The van der Waals surface area contributed by atoms with Crippen LogP contribution < -0.4 is 4.90 Å². The van der Waals surface area contributed by atoms with Crippen LogP contribution in [0, 0.1) is 6.92 Å². The van der Waals surface area contributed by atoms with E-state index in [2.05, 4.69) is 4.98 Å². The van der Waals surface area contributed by atoms with Crippen LogP contribution in [0.5, 0.6) is 0 Å². The fourth-order valence-corrected chi connectivity index (χ4v) is 6.54. The van der Waals surface area contributed by atoms with Gasteiger partial charge in [-0.3, -0.25) is 9.59 Å². The summed E-state index contributed by atoms with van der Waals surface area (Å²) in [5.74, 6) is -0.218. The van der Waals surface area contributed by atoms with Crippen LogP contribution in [0.4, 0.5) is 5.69 Å². The number of nitrogens with one attached hydrogen (secondary N) is 1. The zero-order valence-electron chi connectivity index (χ0n) is 19.0. The van der Waals surface area contributed by atoms with Crippen molar-refractivity contribution in [1.29, 1.82) is 0 Å². The number of aromatic amines is 1. The number of aromatic nitrogens is 1. The van der Waals surface area contributed by atoms with E-state index in [-0.39, 0.29) is 11.7 Å². The van der Waals surface area contributed by atoms with E-state index in [1.165, 1.54) is 6.92 Å². The van der Waals surface area contributed by atoms with E-state index >= 15 is 0 Å². The highest BCUT2D eigenvalue weighted by Gasteiger charge is 2.32. The summed E-state index contributed by atoms with van der Waals surface area (Å²) in [5.41, 5.74) is 4.17. The van der Waals surface area contributed by atoms with Gasteiger partial charge in [0.1, 0.15) is 5.69 Å². The lowest BCUT2D eigenvalue weighted by atomic mass is 10.0.